The van der Waals surface area contributed by atoms with E-state index in [0.29, 0.717) is 5.75 Å². The van der Waals surface area contributed by atoms with Crippen LogP contribution in [0, 0.1) is 0 Å². The first-order valence-corrected chi connectivity index (χ1v) is 8.14. The van der Waals surface area contributed by atoms with Crippen LogP contribution in [-0.4, -0.2) is 5.11 Å². The summed E-state index contributed by atoms with van der Waals surface area (Å²) < 4.78 is 0. The Bertz CT molecular complexity index is 763. The standard InChI is InChI=1S/C18H19NOS/c1-2-5-15(19)18-14(10-11-21-18)17-13-7-4-3-6-12(13)8-9-16(17)20/h3-4,6-11,15,20H,2,5,19H2,1H3. The van der Waals surface area contributed by atoms with E-state index in [9.17, 15) is 5.11 Å². The molecule has 0 aliphatic heterocycles. The van der Waals surface area contributed by atoms with Gasteiger partial charge in [0.2, 0.25) is 0 Å². The van der Waals surface area contributed by atoms with Crippen molar-refractivity contribution in [1.82, 2.24) is 0 Å². The second-order valence-electron chi connectivity index (χ2n) is 5.27. The molecule has 0 saturated heterocycles. The molecule has 0 radical (unpaired) electrons. The summed E-state index contributed by atoms with van der Waals surface area (Å²) in [6, 6.07) is 14.0. The van der Waals surface area contributed by atoms with E-state index in [4.69, 9.17) is 5.73 Å². The fourth-order valence-corrected chi connectivity index (χ4v) is 3.74. The van der Waals surface area contributed by atoms with E-state index in [1.165, 1.54) is 0 Å². The van der Waals surface area contributed by atoms with Gasteiger partial charge in [-0.2, -0.15) is 0 Å². The number of phenols is 1. The summed E-state index contributed by atoms with van der Waals surface area (Å²) in [5, 5.41) is 14.6. The molecule has 3 rings (SSSR count). The summed E-state index contributed by atoms with van der Waals surface area (Å²) in [5.74, 6) is 0.317. The Kier molecular flexibility index (Phi) is 3.95. The first kappa shape index (κ1) is 14.1. The van der Waals surface area contributed by atoms with E-state index in [1.807, 2.05) is 18.2 Å². The molecular weight excluding hydrogens is 278 g/mol. The Labute approximate surface area is 128 Å². The lowest BCUT2D eigenvalue weighted by molar-refractivity contribution is 0.478. The zero-order valence-electron chi connectivity index (χ0n) is 12.0. The van der Waals surface area contributed by atoms with Gasteiger partial charge in [0.25, 0.3) is 0 Å². The molecule has 2 aromatic carbocycles. The van der Waals surface area contributed by atoms with Gasteiger partial charge in [0.05, 0.1) is 0 Å². The number of aromatic hydroxyl groups is 1. The van der Waals surface area contributed by atoms with Crippen molar-refractivity contribution in [1.29, 1.82) is 0 Å². The van der Waals surface area contributed by atoms with Crippen molar-refractivity contribution in [3.63, 3.8) is 0 Å². The van der Waals surface area contributed by atoms with E-state index in [2.05, 4.69) is 30.5 Å². The molecule has 3 heteroatoms. The monoisotopic (exact) mass is 297 g/mol. The van der Waals surface area contributed by atoms with Gasteiger partial charge in [-0.25, -0.2) is 0 Å². The number of hydrogen-bond donors (Lipinski definition) is 2. The predicted molar refractivity (Wildman–Crippen MR) is 90.8 cm³/mol. The van der Waals surface area contributed by atoms with Gasteiger partial charge in [-0.3, -0.25) is 0 Å². The maximum atomic E-state index is 10.4. The minimum absolute atomic E-state index is 0.0309. The summed E-state index contributed by atoms with van der Waals surface area (Å²) in [4.78, 5) is 1.16. The van der Waals surface area contributed by atoms with Crippen LogP contribution in [0.1, 0.15) is 30.7 Å². The largest absolute Gasteiger partial charge is 0.507 e. The SMILES string of the molecule is CCCC(N)c1sccc1-c1c(O)ccc2ccccc12. The molecular formula is C18H19NOS. The topological polar surface area (TPSA) is 46.2 Å². The second kappa shape index (κ2) is 5.88. The van der Waals surface area contributed by atoms with Crippen LogP contribution in [0.4, 0.5) is 0 Å². The van der Waals surface area contributed by atoms with Crippen molar-refractivity contribution in [3.8, 4) is 16.9 Å². The number of hydrogen-bond acceptors (Lipinski definition) is 3. The fourth-order valence-electron chi connectivity index (χ4n) is 2.80. The second-order valence-corrected chi connectivity index (χ2v) is 6.22. The van der Waals surface area contributed by atoms with Gasteiger partial charge in [-0.15, -0.1) is 11.3 Å². The third kappa shape index (κ3) is 2.55. The van der Waals surface area contributed by atoms with E-state index in [1.54, 1.807) is 17.4 Å². The average Bonchev–Trinajstić information content (AvgIpc) is 2.96. The van der Waals surface area contributed by atoms with Gasteiger partial charge in [0.1, 0.15) is 5.75 Å². The van der Waals surface area contributed by atoms with Crippen molar-refractivity contribution < 1.29 is 5.11 Å². The molecule has 0 fully saturated rings. The van der Waals surface area contributed by atoms with E-state index in [-0.39, 0.29) is 6.04 Å². The number of fused-ring (bicyclic) bond motifs is 1. The Balaban J connectivity index is 2.22. The molecule has 3 aromatic rings. The molecule has 0 aliphatic rings. The lowest BCUT2D eigenvalue weighted by Gasteiger charge is -2.14. The molecule has 0 saturated carbocycles. The highest BCUT2D eigenvalue weighted by molar-refractivity contribution is 7.10. The summed E-state index contributed by atoms with van der Waals surface area (Å²) >= 11 is 1.67. The van der Waals surface area contributed by atoms with Crippen LogP contribution >= 0.6 is 11.3 Å². The lowest BCUT2D eigenvalue weighted by atomic mass is 9.95. The Morgan fingerprint density at radius 2 is 1.95 bits per heavy atom. The molecule has 108 valence electrons. The molecule has 1 aromatic heterocycles. The normalized spacial score (nSPS) is 12.7. The summed E-state index contributed by atoms with van der Waals surface area (Å²) in [6.07, 6.45) is 2.01. The van der Waals surface area contributed by atoms with Crippen LogP contribution in [0.25, 0.3) is 21.9 Å². The first-order valence-electron chi connectivity index (χ1n) is 7.26. The van der Waals surface area contributed by atoms with Crippen molar-refractivity contribution in [2.45, 2.75) is 25.8 Å². The van der Waals surface area contributed by atoms with E-state index < -0.39 is 0 Å². The zero-order valence-corrected chi connectivity index (χ0v) is 12.9. The van der Waals surface area contributed by atoms with Crippen molar-refractivity contribution >= 4 is 22.1 Å². The number of phenolic OH excluding ortho intramolecular Hbond substituents is 1. The summed E-state index contributed by atoms with van der Waals surface area (Å²) in [5.41, 5.74) is 8.28. The van der Waals surface area contributed by atoms with Gasteiger partial charge >= 0.3 is 0 Å². The van der Waals surface area contributed by atoms with Crippen LogP contribution < -0.4 is 5.73 Å². The van der Waals surface area contributed by atoms with Crippen molar-refractivity contribution in [3.05, 3.63) is 52.7 Å². The average molecular weight is 297 g/mol. The van der Waals surface area contributed by atoms with Gasteiger partial charge in [0.15, 0.2) is 0 Å². The fraction of sp³-hybridized carbons (Fsp3) is 0.222. The molecule has 0 aliphatic carbocycles. The molecule has 1 atom stereocenters. The van der Waals surface area contributed by atoms with Crippen LogP contribution in [0.15, 0.2) is 47.8 Å². The molecule has 2 nitrogen and oxygen atoms in total. The smallest absolute Gasteiger partial charge is 0.124 e. The quantitative estimate of drug-likeness (QED) is 0.706. The van der Waals surface area contributed by atoms with Gasteiger partial charge in [-0.05, 0) is 34.7 Å². The van der Waals surface area contributed by atoms with Crippen LogP contribution in [-0.2, 0) is 0 Å². The van der Waals surface area contributed by atoms with E-state index >= 15 is 0 Å². The maximum absolute atomic E-state index is 10.4. The highest BCUT2D eigenvalue weighted by Crippen LogP contribution is 2.42. The van der Waals surface area contributed by atoms with Crippen molar-refractivity contribution in [2.24, 2.45) is 5.73 Å². The Hall–Kier alpha value is -1.84. The minimum atomic E-state index is 0.0309. The van der Waals surface area contributed by atoms with Gasteiger partial charge in [0, 0.05) is 22.0 Å². The third-order valence-corrected chi connectivity index (χ3v) is 4.86. The maximum Gasteiger partial charge on any atom is 0.124 e. The first-order chi connectivity index (χ1) is 10.2. The van der Waals surface area contributed by atoms with E-state index in [0.717, 1.165) is 39.6 Å². The zero-order chi connectivity index (χ0) is 14.8. The van der Waals surface area contributed by atoms with Gasteiger partial charge in [-0.1, -0.05) is 43.7 Å². The Morgan fingerprint density at radius 1 is 1.14 bits per heavy atom. The van der Waals surface area contributed by atoms with Crippen LogP contribution in [0.5, 0.6) is 5.75 Å². The number of thiophene rings is 1. The number of rotatable bonds is 4. The third-order valence-electron chi connectivity index (χ3n) is 3.81. The molecule has 21 heavy (non-hydrogen) atoms. The molecule has 0 amide bonds. The molecule has 3 N–H and O–H groups in total. The highest BCUT2D eigenvalue weighted by atomic mass is 32.1. The minimum Gasteiger partial charge on any atom is -0.507 e. The summed E-state index contributed by atoms with van der Waals surface area (Å²) in [6.45, 7) is 2.14. The van der Waals surface area contributed by atoms with Gasteiger partial charge < -0.3 is 10.8 Å². The molecule has 1 unspecified atom stereocenters. The summed E-state index contributed by atoms with van der Waals surface area (Å²) in [7, 11) is 0. The highest BCUT2D eigenvalue weighted by Gasteiger charge is 2.18. The number of benzene rings is 2. The van der Waals surface area contributed by atoms with Crippen molar-refractivity contribution in [2.75, 3.05) is 0 Å². The molecule has 0 spiro atoms. The van der Waals surface area contributed by atoms with Crippen LogP contribution in [0.3, 0.4) is 0 Å². The number of nitrogens with two attached hydrogens (primary N) is 1. The lowest BCUT2D eigenvalue weighted by Crippen LogP contribution is -2.08. The molecule has 1 heterocycles. The van der Waals surface area contributed by atoms with Crippen LogP contribution in [0.2, 0.25) is 0 Å². The Morgan fingerprint density at radius 3 is 2.76 bits per heavy atom. The molecule has 0 bridgehead atoms. The predicted octanol–water partition coefficient (Wildman–Crippen LogP) is 5.07.